The van der Waals surface area contributed by atoms with Gasteiger partial charge in [0.25, 0.3) is 0 Å². The Hall–Kier alpha value is -0.600. The van der Waals surface area contributed by atoms with Crippen LogP contribution >= 0.6 is 0 Å². The summed E-state index contributed by atoms with van der Waals surface area (Å²) in [6.07, 6.45) is 7.84. The molecule has 0 bridgehead atoms. The van der Waals surface area contributed by atoms with Gasteiger partial charge in [-0.2, -0.15) is 0 Å². The number of aliphatic hydroxyl groups excluding tert-OH is 1. The van der Waals surface area contributed by atoms with Crippen LogP contribution in [0.5, 0.6) is 0 Å². The molecule has 0 radical (unpaired) electrons. The van der Waals surface area contributed by atoms with Crippen LogP contribution in [0.15, 0.2) is 24.3 Å². The zero-order chi connectivity index (χ0) is 6.32. The predicted molar refractivity (Wildman–Crippen MR) is 33.0 cm³/mol. The molecule has 48 valence electrons. The Morgan fingerprint density at radius 1 is 1.56 bits per heavy atom. The van der Waals surface area contributed by atoms with Crippen molar-refractivity contribution in [3.63, 3.8) is 0 Å². The molecule has 2 nitrogen and oxygen atoms in total. The van der Waals surface area contributed by atoms with Gasteiger partial charge in [-0.1, -0.05) is 18.2 Å². The van der Waals surface area contributed by atoms with Crippen molar-refractivity contribution < 1.29 is 9.84 Å². The van der Waals surface area contributed by atoms with Crippen molar-refractivity contribution >= 4 is 0 Å². The Labute approximate surface area is 53.4 Å². The molecule has 0 aromatic rings. The van der Waals surface area contributed by atoms with Gasteiger partial charge in [0.1, 0.15) is 11.7 Å². The number of aliphatic hydroxyl groups is 1. The molecule has 0 saturated carbocycles. The molecule has 1 fully saturated rings. The van der Waals surface area contributed by atoms with E-state index in [1.54, 1.807) is 0 Å². The Morgan fingerprint density at radius 2 is 2.44 bits per heavy atom. The highest BCUT2D eigenvalue weighted by Gasteiger charge is 2.53. The van der Waals surface area contributed by atoms with Gasteiger partial charge < -0.3 is 9.84 Å². The van der Waals surface area contributed by atoms with E-state index in [1.807, 2.05) is 24.3 Å². The van der Waals surface area contributed by atoms with E-state index in [0.29, 0.717) is 0 Å². The van der Waals surface area contributed by atoms with Crippen LogP contribution in [0.1, 0.15) is 0 Å². The molecule has 0 amide bonds. The molecule has 1 N–H and O–H groups in total. The van der Waals surface area contributed by atoms with Crippen LogP contribution in [0.3, 0.4) is 0 Å². The fourth-order valence-electron chi connectivity index (χ4n) is 1.10. The summed E-state index contributed by atoms with van der Waals surface area (Å²) in [7, 11) is 0. The first-order valence-electron chi connectivity index (χ1n) is 3.02. The Bertz CT molecular complexity index is 183. The molecular formula is C7H8O2. The SMILES string of the molecule is OCC12C=CC=CC1O2. The molecule has 9 heavy (non-hydrogen) atoms. The molecule has 0 aromatic heterocycles. The number of allylic oxidation sites excluding steroid dienone is 2. The maximum atomic E-state index is 8.78. The Morgan fingerprint density at radius 3 is 3.00 bits per heavy atom. The second kappa shape index (κ2) is 1.46. The predicted octanol–water partition coefficient (Wildman–Crippen LogP) is 0.242. The molecule has 0 aromatic carbocycles. The maximum absolute atomic E-state index is 8.78. The molecule has 0 spiro atoms. The number of fused-ring (bicyclic) bond motifs is 1. The summed E-state index contributed by atoms with van der Waals surface area (Å²) >= 11 is 0. The van der Waals surface area contributed by atoms with E-state index in [0.717, 1.165) is 0 Å². The third-order valence-electron chi connectivity index (χ3n) is 1.79. The van der Waals surface area contributed by atoms with Gasteiger partial charge in [0.2, 0.25) is 0 Å². The number of epoxide rings is 1. The van der Waals surface area contributed by atoms with Gasteiger partial charge in [-0.3, -0.25) is 0 Å². The number of ether oxygens (including phenoxy) is 1. The summed E-state index contributed by atoms with van der Waals surface area (Å²) in [5.74, 6) is 0. The summed E-state index contributed by atoms with van der Waals surface area (Å²) in [6, 6.07) is 0. The van der Waals surface area contributed by atoms with E-state index in [1.165, 1.54) is 0 Å². The third-order valence-corrected chi connectivity index (χ3v) is 1.79. The van der Waals surface area contributed by atoms with Crippen molar-refractivity contribution in [3.05, 3.63) is 24.3 Å². The van der Waals surface area contributed by atoms with Gasteiger partial charge in [0.15, 0.2) is 0 Å². The lowest BCUT2D eigenvalue weighted by Gasteiger charge is -2.01. The molecule has 2 heteroatoms. The minimum Gasteiger partial charge on any atom is -0.393 e. The molecule has 1 heterocycles. The first kappa shape index (κ1) is 5.21. The van der Waals surface area contributed by atoms with Gasteiger partial charge in [0, 0.05) is 0 Å². The second-order valence-electron chi connectivity index (χ2n) is 2.40. The van der Waals surface area contributed by atoms with Gasteiger partial charge in [-0.05, 0) is 6.08 Å². The minimum atomic E-state index is -0.325. The van der Waals surface area contributed by atoms with Gasteiger partial charge in [-0.15, -0.1) is 0 Å². The lowest BCUT2D eigenvalue weighted by molar-refractivity contribution is 0.203. The highest BCUT2D eigenvalue weighted by molar-refractivity contribution is 5.31. The standard InChI is InChI=1S/C7H8O2/c8-5-7-4-2-1-3-6(7)9-7/h1-4,6,8H,5H2. The van der Waals surface area contributed by atoms with Crippen LogP contribution in [0, 0.1) is 0 Å². The highest BCUT2D eigenvalue weighted by atomic mass is 16.6. The average Bonchev–Trinajstić information content (AvgIpc) is 2.62. The van der Waals surface area contributed by atoms with E-state index in [4.69, 9.17) is 9.84 Å². The van der Waals surface area contributed by atoms with E-state index < -0.39 is 0 Å². The van der Waals surface area contributed by atoms with Crippen LogP contribution in [0.25, 0.3) is 0 Å². The van der Waals surface area contributed by atoms with E-state index in [9.17, 15) is 0 Å². The number of hydrogen-bond donors (Lipinski definition) is 1. The lowest BCUT2D eigenvalue weighted by Crippen LogP contribution is -2.17. The molecule has 2 unspecified atom stereocenters. The summed E-state index contributed by atoms with van der Waals surface area (Å²) < 4.78 is 5.19. The Kier molecular flexibility index (Phi) is 0.845. The molecule has 1 aliphatic carbocycles. The summed E-state index contributed by atoms with van der Waals surface area (Å²) in [6.45, 7) is 0.0957. The molecule has 2 atom stereocenters. The van der Waals surface area contributed by atoms with Crippen molar-refractivity contribution in [2.24, 2.45) is 0 Å². The quantitative estimate of drug-likeness (QED) is 0.508. The van der Waals surface area contributed by atoms with Gasteiger partial charge in [-0.25, -0.2) is 0 Å². The van der Waals surface area contributed by atoms with E-state index in [-0.39, 0.29) is 18.3 Å². The number of rotatable bonds is 1. The summed E-state index contributed by atoms with van der Waals surface area (Å²) in [5, 5.41) is 8.78. The first-order valence-corrected chi connectivity index (χ1v) is 3.02. The van der Waals surface area contributed by atoms with Crippen molar-refractivity contribution in [2.75, 3.05) is 6.61 Å². The van der Waals surface area contributed by atoms with Gasteiger partial charge in [0.05, 0.1) is 6.61 Å². The molecule has 1 saturated heterocycles. The average molecular weight is 124 g/mol. The molecule has 1 aliphatic heterocycles. The summed E-state index contributed by atoms with van der Waals surface area (Å²) in [5.41, 5.74) is -0.325. The third kappa shape index (κ3) is 0.573. The molecular weight excluding hydrogens is 116 g/mol. The van der Waals surface area contributed by atoms with Crippen molar-refractivity contribution in [1.82, 2.24) is 0 Å². The zero-order valence-electron chi connectivity index (χ0n) is 4.95. The first-order chi connectivity index (χ1) is 4.37. The second-order valence-corrected chi connectivity index (χ2v) is 2.40. The van der Waals surface area contributed by atoms with Crippen molar-refractivity contribution in [2.45, 2.75) is 11.7 Å². The van der Waals surface area contributed by atoms with Crippen LogP contribution in [-0.4, -0.2) is 23.4 Å². The topological polar surface area (TPSA) is 32.8 Å². The van der Waals surface area contributed by atoms with E-state index >= 15 is 0 Å². The summed E-state index contributed by atoms with van der Waals surface area (Å²) in [4.78, 5) is 0. The Balaban J connectivity index is 2.23. The smallest absolute Gasteiger partial charge is 0.140 e. The largest absolute Gasteiger partial charge is 0.393 e. The van der Waals surface area contributed by atoms with Crippen LogP contribution < -0.4 is 0 Å². The maximum Gasteiger partial charge on any atom is 0.140 e. The van der Waals surface area contributed by atoms with Crippen LogP contribution in [-0.2, 0) is 4.74 Å². The normalized spacial score (nSPS) is 44.8. The fourth-order valence-corrected chi connectivity index (χ4v) is 1.10. The zero-order valence-corrected chi connectivity index (χ0v) is 4.95. The highest BCUT2D eigenvalue weighted by Crippen LogP contribution is 2.40. The van der Waals surface area contributed by atoms with Crippen molar-refractivity contribution in [3.8, 4) is 0 Å². The van der Waals surface area contributed by atoms with Crippen molar-refractivity contribution in [1.29, 1.82) is 0 Å². The minimum absolute atomic E-state index is 0.0957. The van der Waals surface area contributed by atoms with E-state index in [2.05, 4.69) is 0 Å². The van der Waals surface area contributed by atoms with Crippen LogP contribution in [0.2, 0.25) is 0 Å². The number of hydrogen-bond acceptors (Lipinski definition) is 2. The van der Waals surface area contributed by atoms with Gasteiger partial charge >= 0.3 is 0 Å². The lowest BCUT2D eigenvalue weighted by atomic mass is 10.0. The van der Waals surface area contributed by atoms with Crippen LogP contribution in [0.4, 0.5) is 0 Å². The fraction of sp³-hybridized carbons (Fsp3) is 0.429. The molecule has 2 rings (SSSR count). The monoisotopic (exact) mass is 124 g/mol. The molecule has 2 aliphatic rings.